The molecule has 0 aromatic carbocycles. The first-order valence-corrected chi connectivity index (χ1v) is 5.98. The first kappa shape index (κ1) is 12.6. The highest BCUT2D eigenvalue weighted by Gasteiger charge is 2.18. The van der Waals surface area contributed by atoms with E-state index in [4.69, 9.17) is 15.7 Å². The van der Waals surface area contributed by atoms with Gasteiger partial charge >= 0.3 is 0 Å². The molecule has 1 aliphatic heterocycles. The smallest absolute Gasteiger partial charge is 0.214 e. The fourth-order valence-corrected chi connectivity index (χ4v) is 1.96. The van der Waals surface area contributed by atoms with Gasteiger partial charge in [0.15, 0.2) is 5.84 Å². The Bertz CT molecular complexity index is 428. The zero-order valence-electron chi connectivity index (χ0n) is 10.4. The molecule has 0 saturated carbocycles. The van der Waals surface area contributed by atoms with Gasteiger partial charge in [-0.2, -0.15) is 0 Å². The number of hydrogen-bond donors (Lipinski definition) is 2. The highest BCUT2D eigenvalue weighted by Crippen LogP contribution is 2.17. The summed E-state index contributed by atoms with van der Waals surface area (Å²) < 4.78 is 5.81. The van der Waals surface area contributed by atoms with Crippen LogP contribution in [0.25, 0.3) is 0 Å². The first-order chi connectivity index (χ1) is 8.69. The summed E-state index contributed by atoms with van der Waals surface area (Å²) in [4.78, 5) is 6.42. The summed E-state index contributed by atoms with van der Waals surface area (Å²) in [6.07, 6.45) is 3.77. The van der Waals surface area contributed by atoms with Gasteiger partial charge in [0.05, 0.1) is 0 Å². The van der Waals surface area contributed by atoms with Crippen LogP contribution in [0.15, 0.2) is 23.5 Å². The van der Waals surface area contributed by atoms with E-state index in [-0.39, 0.29) is 11.9 Å². The standard InChI is InChI=1S/C12H18N4O2/c1-16-6-3-10(4-7-16)18-11-8-9(2-5-14-11)12(13)15-17/h2,5,8,10,17H,3-4,6-7H2,1H3,(H2,13,15). The fraction of sp³-hybridized carbons (Fsp3) is 0.500. The minimum Gasteiger partial charge on any atom is -0.474 e. The molecule has 98 valence electrons. The van der Waals surface area contributed by atoms with Crippen molar-refractivity contribution < 1.29 is 9.94 Å². The first-order valence-electron chi connectivity index (χ1n) is 5.98. The average Bonchev–Trinajstić information content (AvgIpc) is 2.41. The van der Waals surface area contributed by atoms with Crippen molar-refractivity contribution in [3.8, 4) is 5.88 Å². The maximum absolute atomic E-state index is 8.63. The molecule has 0 amide bonds. The van der Waals surface area contributed by atoms with E-state index in [1.165, 1.54) is 0 Å². The zero-order chi connectivity index (χ0) is 13.0. The van der Waals surface area contributed by atoms with Crippen LogP contribution in [-0.4, -0.2) is 47.2 Å². The van der Waals surface area contributed by atoms with Gasteiger partial charge in [0.1, 0.15) is 6.10 Å². The summed E-state index contributed by atoms with van der Waals surface area (Å²) >= 11 is 0. The SMILES string of the molecule is CN1CCC(Oc2cc(/C(N)=N/O)ccn2)CC1. The van der Waals surface area contributed by atoms with E-state index < -0.39 is 0 Å². The molecule has 2 rings (SSSR count). The lowest BCUT2D eigenvalue weighted by molar-refractivity contribution is 0.110. The Hall–Kier alpha value is -1.82. The number of ether oxygens (including phenoxy) is 1. The molecule has 2 heterocycles. The third-order valence-corrected chi connectivity index (χ3v) is 3.09. The molecule has 18 heavy (non-hydrogen) atoms. The molecule has 1 aromatic rings. The van der Waals surface area contributed by atoms with Crippen LogP contribution in [0.3, 0.4) is 0 Å². The maximum atomic E-state index is 8.63. The Morgan fingerprint density at radius 1 is 1.56 bits per heavy atom. The molecule has 3 N–H and O–H groups in total. The Balaban J connectivity index is 2.01. The van der Waals surface area contributed by atoms with Crippen LogP contribution in [0.1, 0.15) is 18.4 Å². The predicted octanol–water partition coefficient (Wildman–Crippen LogP) is 0.649. The van der Waals surface area contributed by atoms with E-state index in [1.54, 1.807) is 18.3 Å². The highest BCUT2D eigenvalue weighted by atomic mass is 16.5. The van der Waals surface area contributed by atoms with Gasteiger partial charge in [-0.25, -0.2) is 4.98 Å². The van der Waals surface area contributed by atoms with Crippen molar-refractivity contribution in [1.29, 1.82) is 0 Å². The number of nitrogens with two attached hydrogens (primary N) is 1. The molecule has 6 heteroatoms. The second-order valence-electron chi connectivity index (χ2n) is 4.49. The molecule has 6 nitrogen and oxygen atoms in total. The van der Waals surface area contributed by atoms with Gasteiger partial charge in [0, 0.05) is 30.9 Å². The molecule has 0 spiro atoms. The predicted molar refractivity (Wildman–Crippen MR) is 67.9 cm³/mol. The van der Waals surface area contributed by atoms with Crippen LogP contribution in [0.2, 0.25) is 0 Å². The van der Waals surface area contributed by atoms with Crippen molar-refractivity contribution in [3.05, 3.63) is 23.9 Å². The summed E-state index contributed by atoms with van der Waals surface area (Å²) in [5.74, 6) is 0.583. The van der Waals surface area contributed by atoms with E-state index in [9.17, 15) is 0 Å². The van der Waals surface area contributed by atoms with Crippen molar-refractivity contribution in [3.63, 3.8) is 0 Å². The second kappa shape index (κ2) is 5.68. The zero-order valence-corrected chi connectivity index (χ0v) is 10.4. The number of oxime groups is 1. The van der Waals surface area contributed by atoms with E-state index in [0.29, 0.717) is 11.4 Å². The van der Waals surface area contributed by atoms with E-state index >= 15 is 0 Å². The monoisotopic (exact) mass is 250 g/mol. The maximum Gasteiger partial charge on any atom is 0.214 e. The lowest BCUT2D eigenvalue weighted by Gasteiger charge is -2.28. The topological polar surface area (TPSA) is 84.0 Å². The van der Waals surface area contributed by atoms with Gasteiger partial charge in [-0.15, -0.1) is 0 Å². The molecule has 0 aliphatic carbocycles. The number of aromatic nitrogens is 1. The molecule has 0 unspecified atom stereocenters. The van der Waals surface area contributed by atoms with Crippen LogP contribution in [-0.2, 0) is 0 Å². The van der Waals surface area contributed by atoms with E-state index in [1.807, 2.05) is 0 Å². The van der Waals surface area contributed by atoms with Crippen LogP contribution < -0.4 is 10.5 Å². The molecular formula is C12H18N4O2. The summed E-state index contributed by atoms with van der Waals surface area (Å²) in [6, 6.07) is 3.37. The molecule has 0 radical (unpaired) electrons. The summed E-state index contributed by atoms with van der Waals surface area (Å²) in [5.41, 5.74) is 6.13. The Kier molecular flexibility index (Phi) is 3.99. The van der Waals surface area contributed by atoms with E-state index in [0.717, 1.165) is 25.9 Å². The molecule has 1 saturated heterocycles. The van der Waals surface area contributed by atoms with Crippen molar-refractivity contribution in [2.24, 2.45) is 10.9 Å². The van der Waals surface area contributed by atoms with Gasteiger partial charge < -0.3 is 20.6 Å². The normalized spacial score (nSPS) is 18.8. The van der Waals surface area contributed by atoms with Crippen molar-refractivity contribution in [1.82, 2.24) is 9.88 Å². The van der Waals surface area contributed by atoms with Crippen molar-refractivity contribution >= 4 is 5.84 Å². The summed E-state index contributed by atoms with van der Waals surface area (Å²) in [6.45, 7) is 2.06. The number of likely N-dealkylation sites (tertiary alicyclic amines) is 1. The van der Waals surface area contributed by atoms with Crippen LogP contribution in [0, 0.1) is 0 Å². The van der Waals surface area contributed by atoms with Gasteiger partial charge in [-0.1, -0.05) is 5.16 Å². The van der Waals surface area contributed by atoms with Gasteiger partial charge in [-0.3, -0.25) is 0 Å². The highest BCUT2D eigenvalue weighted by molar-refractivity contribution is 5.97. The Labute approximate surface area is 106 Å². The Morgan fingerprint density at radius 2 is 2.28 bits per heavy atom. The number of amidine groups is 1. The molecule has 1 fully saturated rings. The summed E-state index contributed by atoms with van der Waals surface area (Å²) in [5, 5.41) is 11.6. The van der Waals surface area contributed by atoms with Crippen LogP contribution >= 0.6 is 0 Å². The largest absolute Gasteiger partial charge is 0.474 e. The van der Waals surface area contributed by atoms with Crippen LogP contribution in [0.5, 0.6) is 5.88 Å². The van der Waals surface area contributed by atoms with Crippen LogP contribution in [0.4, 0.5) is 0 Å². The lowest BCUT2D eigenvalue weighted by atomic mass is 10.1. The molecule has 0 bridgehead atoms. The quantitative estimate of drug-likeness (QED) is 0.356. The average molecular weight is 250 g/mol. The lowest BCUT2D eigenvalue weighted by Crippen LogP contribution is -2.35. The van der Waals surface area contributed by atoms with Gasteiger partial charge in [-0.05, 0) is 26.0 Å². The minimum absolute atomic E-state index is 0.0608. The number of nitrogens with zero attached hydrogens (tertiary/aromatic N) is 3. The molecule has 1 aromatic heterocycles. The third-order valence-electron chi connectivity index (χ3n) is 3.09. The third kappa shape index (κ3) is 3.10. The molecule has 1 aliphatic rings. The number of hydrogen-bond acceptors (Lipinski definition) is 5. The van der Waals surface area contributed by atoms with Gasteiger partial charge in [0.25, 0.3) is 0 Å². The van der Waals surface area contributed by atoms with Crippen molar-refractivity contribution in [2.75, 3.05) is 20.1 Å². The minimum atomic E-state index is 0.0608. The van der Waals surface area contributed by atoms with E-state index in [2.05, 4.69) is 22.1 Å². The number of rotatable bonds is 3. The second-order valence-corrected chi connectivity index (χ2v) is 4.49. The van der Waals surface area contributed by atoms with Crippen molar-refractivity contribution in [2.45, 2.75) is 18.9 Å². The number of pyridine rings is 1. The summed E-state index contributed by atoms with van der Waals surface area (Å²) in [7, 11) is 2.10. The Morgan fingerprint density at radius 3 is 2.94 bits per heavy atom. The molecule has 0 atom stereocenters. The number of piperidine rings is 1. The molecular weight excluding hydrogens is 232 g/mol. The van der Waals surface area contributed by atoms with Gasteiger partial charge in [0.2, 0.25) is 5.88 Å². The fourth-order valence-electron chi connectivity index (χ4n) is 1.96.